The van der Waals surface area contributed by atoms with Gasteiger partial charge >= 0.3 is 0 Å². The number of nitrogens with zero attached hydrogens (tertiary/aromatic N) is 2. The Labute approximate surface area is 185 Å². The van der Waals surface area contributed by atoms with E-state index in [9.17, 15) is 0 Å². The second kappa shape index (κ2) is 6.60. The first-order valence-corrected chi connectivity index (χ1v) is 11.0. The number of hydrogen-bond acceptors (Lipinski definition) is 0. The van der Waals surface area contributed by atoms with Crippen LogP contribution in [0.25, 0.3) is 55.0 Å². The van der Waals surface area contributed by atoms with Gasteiger partial charge < -0.3 is 9.13 Å². The van der Waals surface area contributed by atoms with Crippen molar-refractivity contribution in [3.63, 3.8) is 0 Å². The van der Waals surface area contributed by atoms with Gasteiger partial charge in [0.1, 0.15) is 0 Å². The first-order chi connectivity index (χ1) is 15.9. The standard InChI is InChI=1S/C30H20N2/c1-2-10-21(11-3-1)31-29-17-9-6-14-25(29)26-20-22(18-19-30(26)31)32-27-15-7-4-12-23(27)24-13-5-8-16-28(24)32/h1-20H. The Morgan fingerprint density at radius 1 is 0.312 bits per heavy atom. The number of hydrogen-bond donors (Lipinski definition) is 0. The molecule has 5 aromatic carbocycles. The lowest BCUT2D eigenvalue weighted by Gasteiger charge is -2.10. The van der Waals surface area contributed by atoms with Crippen molar-refractivity contribution < 1.29 is 0 Å². The molecule has 0 saturated carbocycles. The lowest BCUT2D eigenvalue weighted by molar-refractivity contribution is 1.17. The molecule has 0 unspecified atom stereocenters. The van der Waals surface area contributed by atoms with Crippen LogP contribution >= 0.6 is 0 Å². The van der Waals surface area contributed by atoms with Crippen molar-refractivity contribution in [3.05, 3.63) is 121 Å². The molecule has 0 bridgehead atoms. The van der Waals surface area contributed by atoms with E-state index in [4.69, 9.17) is 0 Å². The molecular weight excluding hydrogens is 388 g/mol. The van der Waals surface area contributed by atoms with Crippen LogP contribution in [-0.4, -0.2) is 9.13 Å². The maximum absolute atomic E-state index is 2.39. The second-order valence-corrected chi connectivity index (χ2v) is 8.26. The summed E-state index contributed by atoms with van der Waals surface area (Å²) in [6.07, 6.45) is 0. The molecule has 0 aliphatic heterocycles. The largest absolute Gasteiger partial charge is 0.309 e. The summed E-state index contributed by atoms with van der Waals surface area (Å²) >= 11 is 0. The number of rotatable bonds is 2. The van der Waals surface area contributed by atoms with Gasteiger partial charge in [0.15, 0.2) is 0 Å². The first kappa shape index (κ1) is 17.4. The Morgan fingerprint density at radius 3 is 1.34 bits per heavy atom. The van der Waals surface area contributed by atoms with Crippen molar-refractivity contribution in [3.8, 4) is 11.4 Å². The quantitative estimate of drug-likeness (QED) is 0.275. The van der Waals surface area contributed by atoms with E-state index in [-0.39, 0.29) is 0 Å². The summed E-state index contributed by atoms with van der Waals surface area (Å²) in [6, 6.07) is 43.5. The van der Waals surface area contributed by atoms with E-state index < -0.39 is 0 Å². The van der Waals surface area contributed by atoms with E-state index in [1.165, 1.54) is 55.0 Å². The summed E-state index contributed by atoms with van der Waals surface area (Å²) in [4.78, 5) is 0. The first-order valence-electron chi connectivity index (χ1n) is 11.0. The van der Waals surface area contributed by atoms with Crippen LogP contribution in [0.1, 0.15) is 0 Å². The van der Waals surface area contributed by atoms with Gasteiger partial charge in [-0.15, -0.1) is 0 Å². The lowest BCUT2D eigenvalue weighted by Crippen LogP contribution is -1.95. The monoisotopic (exact) mass is 408 g/mol. The Kier molecular flexibility index (Phi) is 3.58. The van der Waals surface area contributed by atoms with Crippen molar-refractivity contribution in [1.82, 2.24) is 9.13 Å². The van der Waals surface area contributed by atoms with E-state index in [0.29, 0.717) is 0 Å². The second-order valence-electron chi connectivity index (χ2n) is 8.26. The van der Waals surface area contributed by atoms with E-state index >= 15 is 0 Å². The molecule has 0 N–H and O–H groups in total. The predicted molar refractivity (Wildman–Crippen MR) is 135 cm³/mol. The lowest BCUT2D eigenvalue weighted by atomic mass is 10.1. The molecule has 7 rings (SSSR count). The van der Waals surface area contributed by atoms with Crippen LogP contribution in [0.15, 0.2) is 121 Å². The van der Waals surface area contributed by atoms with Gasteiger partial charge in [-0.1, -0.05) is 72.8 Å². The molecule has 150 valence electrons. The molecule has 2 heteroatoms. The molecule has 32 heavy (non-hydrogen) atoms. The van der Waals surface area contributed by atoms with Gasteiger partial charge in [0.05, 0.1) is 22.1 Å². The highest BCUT2D eigenvalue weighted by atomic mass is 15.0. The number of aromatic nitrogens is 2. The fraction of sp³-hybridized carbons (Fsp3) is 0. The molecule has 2 aromatic heterocycles. The summed E-state index contributed by atoms with van der Waals surface area (Å²) < 4.78 is 4.75. The van der Waals surface area contributed by atoms with Gasteiger partial charge in [0.2, 0.25) is 0 Å². The average Bonchev–Trinajstić information content (AvgIpc) is 3.37. The highest BCUT2D eigenvalue weighted by Gasteiger charge is 2.15. The maximum Gasteiger partial charge on any atom is 0.0542 e. The zero-order valence-electron chi connectivity index (χ0n) is 17.4. The molecule has 0 aliphatic carbocycles. The highest BCUT2D eigenvalue weighted by molar-refractivity contribution is 6.12. The number of benzene rings is 5. The van der Waals surface area contributed by atoms with Gasteiger partial charge in [-0.05, 0) is 48.5 Å². The smallest absolute Gasteiger partial charge is 0.0542 e. The molecule has 0 spiro atoms. The topological polar surface area (TPSA) is 9.86 Å². The molecular formula is C30H20N2. The van der Waals surface area contributed by atoms with Crippen LogP contribution in [0.5, 0.6) is 0 Å². The molecule has 0 amide bonds. The van der Waals surface area contributed by atoms with Crippen LogP contribution in [0.4, 0.5) is 0 Å². The van der Waals surface area contributed by atoms with Crippen LogP contribution in [0.3, 0.4) is 0 Å². The Morgan fingerprint density at radius 2 is 0.750 bits per heavy atom. The molecule has 7 aromatic rings. The SMILES string of the molecule is c1ccc(-n2c3ccccc3c3cc(-n4c5ccccc5c5ccccc54)ccc32)cc1. The van der Waals surface area contributed by atoms with Crippen molar-refractivity contribution >= 4 is 43.6 Å². The van der Waals surface area contributed by atoms with Gasteiger partial charge in [-0.3, -0.25) is 0 Å². The van der Waals surface area contributed by atoms with Gasteiger partial charge in [0.25, 0.3) is 0 Å². The molecule has 0 fully saturated rings. The third kappa shape index (κ3) is 2.35. The summed E-state index contributed by atoms with van der Waals surface area (Å²) in [5.74, 6) is 0. The number of fused-ring (bicyclic) bond motifs is 6. The molecule has 2 nitrogen and oxygen atoms in total. The minimum atomic E-state index is 1.18. The Balaban J connectivity index is 1.59. The summed E-state index contributed by atoms with van der Waals surface area (Å²) in [5, 5.41) is 5.11. The third-order valence-corrected chi connectivity index (χ3v) is 6.51. The minimum absolute atomic E-state index is 1.18. The average molecular weight is 409 g/mol. The molecule has 0 radical (unpaired) electrons. The molecule has 0 saturated heterocycles. The van der Waals surface area contributed by atoms with Crippen molar-refractivity contribution in [2.45, 2.75) is 0 Å². The summed E-state index contributed by atoms with van der Waals surface area (Å²) in [5.41, 5.74) is 7.30. The molecule has 2 heterocycles. The number of para-hydroxylation sites is 4. The zero-order chi connectivity index (χ0) is 21.1. The molecule has 0 atom stereocenters. The van der Waals surface area contributed by atoms with Gasteiger partial charge in [-0.2, -0.15) is 0 Å². The van der Waals surface area contributed by atoms with Crippen molar-refractivity contribution in [2.24, 2.45) is 0 Å². The normalized spacial score (nSPS) is 11.8. The highest BCUT2D eigenvalue weighted by Crippen LogP contribution is 2.36. The summed E-state index contributed by atoms with van der Waals surface area (Å²) in [7, 11) is 0. The third-order valence-electron chi connectivity index (χ3n) is 6.51. The van der Waals surface area contributed by atoms with Crippen LogP contribution in [0, 0.1) is 0 Å². The maximum atomic E-state index is 2.39. The minimum Gasteiger partial charge on any atom is -0.309 e. The van der Waals surface area contributed by atoms with Crippen LogP contribution < -0.4 is 0 Å². The fourth-order valence-corrected chi connectivity index (χ4v) is 5.16. The van der Waals surface area contributed by atoms with Gasteiger partial charge in [-0.25, -0.2) is 0 Å². The Bertz CT molecular complexity index is 1710. The molecule has 0 aliphatic rings. The Hall–Kier alpha value is -4.30. The van der Waals surface area contributed by atoms with E-state index in [2.05, 4.69) is 130 Å². The fourth-order valence-electron chi connectivity index (χ4n) is 5.16. The van der Waals surface area contributed by atoms with E-state index in [0.717, 1.165) is 0 Å². The summed E-state index contributed by atoms with van der Waals surface area (Å²) in [6.45, 7) is 0. The van der Waals surface area contributed by atoms with Crippen molar-refractivity contribution in [1.29, 1.82) is 0 Å². The van der Waals surface area contributed by atoms with Crippen LogP contribution in [-0.2, 0) is 0 Å². The van der Waals surface area contributed by atoms with E-state index in [1.54, 1.807) is 0 Å². The van der Waals surface area contributed by atoms with Gasteiger partial charge in [0, 0.05) is 32.9 Å². The zero-order valence-corrected chi connectivity index (χ0v) is 17.4. The van der Waals surface area contributed by atoms with Crippen LogP contribution in [0.2, 0.25) is 0 Å². The predicted octanol–water partition coefficient (Wildman–Crippen LogP) is 7.88. The van der Waals surface area contributed by atoms with Crippen molar-refractivity contribution in [2.75, 3.05) is 0 Å². The van der Waals surface area contributed by atoms with E-state index in [1.807, 2.05) is 0 Å².